The van der Waals surface area contributed by atoms with Gasteiger partial charge in [0.2, 0.25) is 0 Å². The molecule has 2 rings (SSSR count). The Kier molecular flexibility index (Phi) is 4.52. The molecule has 19 heavy (non-hydrogen) atoms. The van der Waals surface area contributed by atoms with E-state index in [2.05, 4.69) is 15.9 Å². The maximum Gasteiger partial charge on any atom is 0.338 e. The van der Waals surface area contributed by atoms with Crippen LogP contribution in [0.2, 0.25) is 0 Å². The molecule has 0 aromatic heterocycles. The standard InChI is InChI=1S/C13H14BrNO4/c14-11-7-6-9(8-12(11)15(17)18)13(16)19-10-4-2-1-3-5-10/h6-8,10H,1-5H2. The Bertz CT molecular complexity index is 497. The molecule has 0 heterocycles. The molecule has 6 heteroatoms. The molecule has 1 aliphatic carbocycles. The molecule has 1 aromatic rings. The molecule has 0 amide bonds. The number of hydrogen-bond donors (Lipinski definition) is 0. The van der Waals surface area contributed by atoms with Crippen LogP contribution in [0.3, 0.4) is 0 Å². The van der Waals surface area contributed by atoms with Crippen LogP contribution in [-0.4, -0.2) is 17.0 Å². The molecule has 0 saturated heterocycles. The smallest absolute Gasteiger partial charge is 0.338 e. The van der Waals surface area contributed by atoms with Gasteiger partial charge in [0, 0.05) is 6.07 Å². The van der Waals surface area contributed by atoms with Crippen molar-refractivity contribution >= 4 is 27.6 Å². The van der Waals surface area contributed by atoms with Crippen LogP contribution in [0.15, 0.2) is 22.7 Å². The van der Waals surface area contributed by atoms with E-state index in [1.165, 1.54) is 24.6 Å². The number of ether oxygens (including phenoxy) is 1. The number of esters is 1. The van der Waals surface area contributed by atoms with E-state index in [4.69, 9.17) is 4.74 Å². The van der Waals surface area contributed by atoms with Crippen molar-refractivity contribution in [1.29, 1.82) is 0 Å². The van der Waals surface area contributed by atoms with E-state index in [0.717, 1.165) is 25.7 Å². The number of benzene rings is 1. The second-order valence-electron chi connectivity index (χ2n) is 4.59. The SMILES string of the molecule is O=C(OC1CCCCC1)c1ccc(Br)c([N+](=O)[O-])c1. The minimum atomic E-state index is -0.526. The maximum atomic E-state index is 11.9. The predicted octanol–water partition coefficient (Wildman–Crippen LogP) is 3.85. The summed E-state index contributed by atoms with van der Waals surface area (Å²) in [5, 5.41) is 10.8. The molecule has 0 unspecified atom stereocenters. The van der Waals surface area contributed by atoms with E-state index in [-0.39, 0.29) is 17.4 Å². The van der Waals surface area contributed by atoms with Crippen molar-refractivity contribution in [3.05, 3.63) is 38.3 Å². The van der Waals surface area contributed by atoms with Crippen LogP contribution in [0.25, 0.3) is 0 Å². The number of hydrogen-bond acceptors (Lipinski definition) is 4. The van der Waals surface area contributed by atoms with Crippen LogP contribution < -0.4 is 0 Å². The van der Waals surface area contributed by atoms with Crippen molar-refractivity contribution in [3.63, 3.8) is 0 Å². The summed E-state index contributed by atoms with van der Waals surface area (Å²) in [6.07, 6.45) is 5.02. The highest BCUT2D eigenvalue weighted by molar-refractivity contribution is 9.10. The third kappa shape index (κ3) is 3.53. The summed E-state index contributed by atoms with van der Waals surface area (Å²) in [7, 11) is 0. The molecule has 5 nitrogen and oxygen atoms in total. The van der Waals surface area contributed by atoms with Crippen molar-refractivity contribution in [3.8, 4) is 0 Å². The highest BCUT2D eigenvalue weighted by atomic mass is 79.9. The summed E-state index contributed by atoms with van der Waals surface area (Å²) in [5.74, 6) is -0.484. The first-order chi connectivity index (χ1) is 9.08. The lowest BCUT2D eigenvalue weighted by molar-refractivity contribution is -0.385. The molecule has 0 N–H and O–H groups in total. The van der Waals surface area contributed by atoms with Gasteiger partial charge in [-0.05, 0) is 53.7 Å². The van der Waals surface area contributed by atoms with Crippen molar-refractivity contribution in [2.45, 2.75) is 38.2 Å². The maximum absolute atomic E-state index is 11.9. The molecule has 0 bridgehead atoms. The average molecular weight is 328 g/mol. The number of nitro groups is 1. The predicted molar refractivity (Wildman–Crippen MR) is 73.1 cm³/mol. The van der Waals surface area contributed by atoms with Gasteiger partial charge in [-0.15, -0.1) is 0 Å². The topological polar surface area (TPSA) is 69.4 Å². The highest BCUT2D eigenvalue weighted by Crippen LogP contribution is 2.27. The number of carbonyl (C=O) groups excluding carboxylic acids is 1. The number of rotatable bonds is 3. The van der Waals surface area contributed by atoms with Gasteiger partial charge in [-0.25, -0.2) is 4.79 Å². The fourth-order valence-electron chi connectivity index (χ4n) is 2.18. The Morgan fingerprint density at radius 2 is 2.00 bits per heavy atom. The second-order valence-corrected chi connectivity index (χ2v) is 5.44. The van der Waals surface area contributed by atoms with E-state index < -0.39 is 10.9 Å². The van der Waals surface area contributed by atoms with Gasteiger partial charge in [-0.2, -0.15) is 0 Å². The minimum Gasteiger partial charge on any atom is -0.459 e. The molecule has 1 aromatic carbocycles. The zero-order chi connectivity index (χ0) is 13.8. The first kappa shape index (κ1) is 14.0. The lowest BCUT2D eigenvalue weighted by Gasteiger charge is -2.21. The Morgan fingerprint density at radius 1 is 1.32 bits per heavy atom. The van der Waals surface area contributed by atoms with Crippen molar-refractivity contribution in [2.24, 2.45) is 0 Å². The van der Waals surface area contributed by atoms with Crippen molar-refractivity contribution in [2.75, 3.05) is 0 Å². The second kappa shape index (κ2) is 6.14. The molecule has 1 saturated carbocycles. The van der Waals surface area contributed by atoms with Gasteiger partial charge in [-0.3, -0.25) is 10.1 Å². The molecule has 0 atom stereocenters. The van der Waals surface area contributed by atoms with Gasteiger partial charge in [0.05, 0.1) is 15.0 Å². The van der Waals surface area contributed by atoms with Crippen LogP contribution in [-0.2, 0) is 4.74 Å². The van der Waals surface area contributed by atoms with Gasteiger partial charge in [0.25, 0.3) is 5.69 Å². The van der Waals surface area contributed by atoms with Crippen molar-refractivity contribution in [1.82, 2.24) is 0 Å². The summed E-state index contributed by atoms with van der Waals surface area (Å²) in [5.41, 5.74) is 0.0959. The summed E-state index contributed by atoms with van der Waals surface area (Å²) < 4.78 is 5.73. The summed E-state index contributed by atoms with van der Waals surface area (Å²) in [6, 6.07) is 4.27. The van der Waals surface area contributed by atoms with E-state index >= 15 is 0 Å². The first-order valence-corrected chi connectivity index (χ1v) is 7.02. The van der Waals surface area contributed by atoms with Gasteiger partial charge in [-0.1, -0.05) is 6.42 Å². The summed E-state index contributed by atoms with van der Waals surface area (Å²) >= 11 is 3.08. The van der Waals surface area contributed by atoms with Crippen LogP contribution >= 0.6 is 15.9 Å². The van der Waals surface area contributed by atoms with Gasteiger partial charge >= 0.3 is 5.97 Å². The Morgan fingerprint density at radius 3 is 2.63 bits per heavy atom. The lowest BCUT2D eigenvalue weighted by atomic mass is 9.98. The molecule has 0 aliphatic heterocycles. The molecule has 102 valence electrons. The Hall–Kier alpha value is -1.43. The fraction of sp³-hybridized carbons (Fsp3) is 0.462. The van der Waals surface area contributed by atoms with Crippen LogP contribution in [0, 0.1) is 10.1 Å². The molecule has 0 radical (unpaired) electrons. The van der Waals surface area contributed by atoms with Gasteiger partial charge in [0.1, 0.15) is 6.10 Å². The third-order valence-corrected chi connectivity index (χ3v) is 3.88. The first-order valence-electron chi connectivity index (χ1n) is 6.23. The van der Waals surface area contributed by atoms with Gasteiger partial charge < -0.3 is 4.74 Å². The fourth-order valence-corrected chi connectivity index (χ4v) is 2.57. The van der Waals surface area contributed by atoms with E-state index in [0.29, 0.717) is 4.47 Å². The van der Waals surface area contributed by atoms with Crippen LogP contribution in [0.4, 0.5) is 5.69 Å². The number of carbonyl (C=O) groups is 1. The quantitative estimate of drug-likeness (QED) is 0.480. The molecular formula is C13H14BrNO4. The monoisotopic (exact) mass is 327 g/mol. The average Bonchev–Trinajstić information content (AvgIpc) is 2.40. The van der Waals surface area contributed by atoms with Crippen LogP contribution in [0.5, 0.6) is 0 Å². The Labute approximate surface area is 119 Å². The summed E-state index contributed by atoms with van der Waals surface area (Å²) in [6.45, 7) is 0. The van der Waals surface area contributed by atoms with E-state index in [1.54, 1.807) is 0 Å². The summed E-state index contributed by atoms with van der Waals surface area (Å²) in [4.78, 5) is 22.2. The number of nitro benzene ring substituents is 1. The normalized spacial score (nSPS) is 16.1. The molecule has 1 fully saturated rings. The molecular weight excluding hydrogens is 314 g/mol. The lowest BCUT2D eigenvalue weighted by Crippen LogP contribution is -2.20. The van der Waals surface area contributed by atoms with Crippen molar-refractivity contribution < 1.29 is 14.5 Å². The van der Waals surface area contributed by atoms with Crippen LogP contribution in [0.1, 0.15) is 42.5 Å². The zero-order valence-corrected chi connectivity index (χ0v) is 11.9. The molecule has 0 spiro atoms. The van der Waals surface area contributed by atoms with E-state index in [9.17, 15) is 14.9 Å². The Balaban J connectivity index is 2.10. The number of halogens is 1. The van der Waals surface area contributed by atoms with E-state index in [1.807, 2.05) is 0 Å². The molecule has 1 aliphatic rings. The zero-order valence-electron chi connectivity index (χ0n) is 10.3. The third-order valence-electron chi connectivity index (χ3n) is 3.20. The highest BCUT2D eigenvalue weighted by Gasteiger charge is 2.21. The minimum absolute atomic E-state index is 0.0519. The number of nitrogens with zero attached hydrogens (tertiary/aromatic N) is 1. The largest absolute Gasteiger partial charge is 0.459 e. The van der Waals surface area contributed by atoms with Gasteiger partial charge in [0.15, 0.2) is 0 Å².